The van der Waals surface area contributed by atoms with Crippen molar-refractivity contribution in [3.05, 3.63) is 23.9 Å². The fourth-order valence-electron chi connectivity index (χ4n) is 2.77. The molecular formula is C15H23N3O2. The third-order valence-electron chi connectivity index (χ3n) is 3.83. The van der Waals surface area contributed by atoms with Crippen LogP contribution in [0.2, 0.25) is 0 Å². The Bertz CT molecular complexity index is 450. The molecule has 0 aliphatic carbocycles. The zero-order valence-electron chi connectivity index (χ0n) is 12.0. The number of primary amides is 1. The number of carbonyl (C=O) groups is 1. The zero-order valence-corrected chi connectivity index (χ0v) is 12.0. The van der Waals surface area contributed by atoms with E-state index in [1.807, 2.05) is 0 Å². The molecule has 1 amide bonds. The summed E-state index contributed by atoms with van der Waals surface area (Å²) in [5.41, 5.74) is 5.85. The number of hydrogen-bond donors (Lipinski definition) is 1. The molecule has 110 valence electrons. The Morgan fingerprint density at radius 3 is 3.20 bits per heavy atom. The first kappa shape index (κ1) is 14.8. The number of rotatable bonds is 6. The number of carbonyl (C=O) groups excluding carboxylic acids is 1. The lowest BCUT2D eigenvalue weighted by Crippen LogP contribution is -2.36. The summed E-state index contributed by atoms with van der Waals surface area (Å²) in [7, 11) is 1.74. The number of nitrogens with two attached hydrogens (primary N) is 1. The van der Waals surface area contributed by atoms with Crippen molar-refractivity contribution in [2.24, 2.45) is 11.7 Å². The summed E-state index contributed by atoms with van der Waals surface area (Å²) >= 11 is 0. The topological polar surface area (TPSA) is 68.5 Å². The van der Waals surface area contributed by atoms with Crippen LogP contribution in [-0.4, -0.2) is 37.7 Å². The average molecular weight is 277 g/mol. The van der Waals surface area contributed by atoms with Gasteiger partial charge in [-0.3, -0.25) is 4.79 Å². The Labute approximate surface area is 120 Å². The van der Waals surface area contributed by atoms with Crippen LogP contribution in [0.5, 0.6) is 0 Å². The largest absolute Gasteiger partial charge is 0.385 e. The molecule has 5 heteroatoms. The number of hydrogen-bond acceptors (Lipinski definition) is 4. The maximum absolute atomic E-state index is 11.2. The maximum atomic E-state index is 11.2. The van der Waals surface area contributed by atoms with Crippen molar-refractivity contribution in [2.45, 2.75) is 25.7 Å². The van der Waals surface area contributed by atoms with Crippen LogP contribution >= 0.6 is 0 Å². The summed E-state index contributed by atoms with van der Waals surface area (Å²) in [6, 6.07) is 3.45. The Balaban J connectivity index is 1.97. The molecule has 1 atom stereocenters. The normalized spacial score (nSPS) is 19.1. The number of methoxy groups -OCH3 is 1. The first-order chi connectivity index (χ1) is 9.70. The van der Waals surface area contributed by atoms with Gasteiger partial charge in [0.05, 0.1) is 0 Å². The molecule has 2 rings (SSSR count). The van der Waals surface area contributed by atoms with Crippen molar-refractivity contribution in [3.8, 4) is 0 Å². The van der Waals surface area contributed by atoms with E-state index in [-0.39, 0.29) is 0 Å². The molecule has 0 spiro atoms. The fourth-order valence-corrected chi connectivity index (χ4v) is 2.77. The van der Waals surface area contributed by atoms with Crippen LogP contribution in [0.4, 0.5) is 5.82 Å². The molecule has 0 aromatic carbocycles. The highest BCUT2D eigenvalue weighted by Gasteiger charge is 2.21. The van der Waals surface area contributed by atoms with E-state index in [2.05, 4.69) is 9.88 Å². The van der Waals surface area contributed by atoms with Crippen molar-refractivity contribution in [1.82, 2.24) is 4.98 Å². The van der Waals surface area contributed by atoms with Crippen LogP contribution in [0.15, 0.2) is 18.3 Å². The van der Waals surface area contributed by atoms with E-state index in [4.69, 9.17) is 10.5 Å². The van der Waals surface area contributed by atoms with E-state index in [9.17, 15) is 4.79 Å². The highest BCUT2D eigenvalue weighted by Crippen LogP contribution is 2.25. The second-order valence-electron chi connectivity index (χ2n) is 5.36. The van der Waals surface area contributed by atoms with Gasteiger partial charge in [-0.2, -0.15) is 0 Å². The zero-order chi connectivity index (χ0) is 14.4. The van der Waals surface area contributed by atoms with E-state index in [1.54, 1.807) is 25.4 Å². The molecule has 2 heterocycles. The minimum Gasteiger partial charge on any atom is -0.385 e. The van der Waals surface area contributed by atoms with Gasteiger partial charge in [-0.05, 0) is 43.7 Å². The van der Waals surface area contributed by atoms with Crippen LogP contribution in [-0.2, 0) is 4.74 Å². The van der Waals surface area contributed by atoms with Crippen molar-refractivity contribution < 1.29 is 9.53 Å². The van der Waals surface area contributed by atoms with Gasteiger partial charge in [0.1, 0.15) is 5.82 Å². The van der Waals surface area contributed by atoms with Gasteiger partial charge in [-0.1, -0.05) is 0 Å². The van der Waals surface area contributed by atoms with E-state index < -0.39 is 5.91 Å². The summed E-state index contributed by atoms with van der Waals surface area (Å²) in [6.07, 6.45) is 6.36. The number of ether oxygens (including phenoxy) is 1. The maximum Gasteiger partial charge on any atom is 0.248 e. The third kappa shape index (κ3) is 3.93. The molecule has 5 nitrogen and oxygen atoms in total. The third-order valence-corrected chi connectivity index (χ3v) is 3.83. The second kappa shape index (κ2) is 7.24. The fraction of sp³-hybridized carbons (Fsp3) is 0.600. The number of aromatic nitrogens is 1. The molecule has 1 aliphatic rings. The lowest BCUT2D eigenvalue weighted by atomic mass is 9.93. The minimum absolute atomic E-state index is 0.401. The predicted octanol–water partition coefficient (Wildman–Crippen LogP) is 1.82. The van der Waals surface area contributed by atoms with E-state index in [0.717, 1.165) is 31.9 Å². The van der Waals surface area contributed by atoms with E-state index in [1.165, 1.54) is 19.3 Å². The number of nitrogens with zero attached hydrogens (tertiary/aromatic N) is 2. The molecule has 2 N–H and O–H groups in total. The first-order valence-electron chi connectivity index (χ1n) is 7.20. The van der Waals surface area contributed by atoms with Crippen LogP contribution in [0.25, 0.3) is 0 Å². The summed E-state index contributed by atoms with van der Waals surface area (Å²) in [4.78, 5) is 17.9. The monoisotopic (exact) mass is 277 g/mol. The lowest BCUT2D eigenvalue weighted by Gasteiger charge is -2.33. The van der Waals surface area contributed by atoms with Gasteiger partial charge in [0.25, 0.3) is 0 Å². The SMILES string of the molecule is COCCCC1CCCN(c2cc(C(N)=O)ccn2)C1. The van der Waals surface area contributed by atoms with Gasteiger partial charge >= 0.3 is 0 Å². The highest BCUT2D eigenvalue weighted by molar-refractivity contribution is 5.93. The van der Waals surface area contributed by atoms with Gasteiger partial charge in [-0.15, -0.1) is 0 Å². The van der Waals surface area contributed by atoms with Gasteiger partial charge in [0, 0.05) is 38.6 Å². The van der Waals surface area contributed by atoms with Crippen LogP contribution in [0.1, 0.15) is 36.0 Å². The highest BCUT2D eigenvalue weighted by atomic mass is 16.5. The second-order valence-corrected chi connectivity index (χ2v) is 5.36. The van der Waals surface area contributed by atoms with Crippen LogP contribution < -0.4 is 10.6 Å². The molecule has 0 saturated carbocycles. The quantitative estimate of drug-likeness (QED) is 0.805. The summed E-state index contributed by atoms with van der Waals surface area (Å²) in [5.74, 6) is 1.14. The molecule has 20 heavy (non-hydrogen) atoms. The van der Waals surface area contributed by atoms with Crippen LogP contribution in [0.3, 0.4) is 0 Å². The molecule has 1 unspecified atom stereocenters. The van der Waals surface area contributed by atoms with Crippen molar-refractivity contribution in [2.75, 3.05) is 31.7 Å². The molecule has 1 fully saturated rings. The Kier molecular flexibility index (Phi) is 5.35. The Hall–Kier alpha value is -1.62. The van der Waals surface area contributed by atoms with Crippen molar-refractivity contribution >= 4 is 11.7 Å². The smallest absolute Gasteiger partial charge is 0.248 e. The molecule has 1 saturated heterocycles. The van der Waals surface area contributed by atoms with Crippen molar-refractivity contribution in [3.63, 3.8) is 0 Å². The number of pyridine rings is 1. The van der Waals surface area contributed by atoms with Crippen molar-refractivity contribution in [1.29, 1.82) is 0 Å². The molecule has 1 aliphatic heterocycles. The molecule has 1 aromatic heterocycles. The van der Waals surface area contributed by atoms with Gasteiger partial charge < -0.3 is 15.4 Å². The molecule has 0 radical (unpaired) electrons. The summed E-state index contributed by atoms with van der Waals surface area (Å²) in [5, 5.41) is 0. The van der Waals surface area contributed by atoms with Crippen LogP contribution in [0, 0.1) is 5.92 Å². The average Bonchev–Trinajstić information content (AvgIpc) is 2.48. The first-order valence-corrected chi connectivity index (χ1v) is 7.20. The van der Waals surface area contributed by atoms with E-state index in [0.29, 0.717) is 11.5 Å². The predicted molar refractivity (Wildman–Crippen MR) is 78.8 cm³/mol. The summed E-state index contributed by atoms with van der Waals surface area (Å²) in [6.45, 7) is 2.82. The number of amides is 1. The number of piperidine rings is 1. The Morgan fingerprint density at radius 1 is 1.60 bits per heavy atom. The lowest BCUT2D eigenvalue weighted by molar-refractivity contribution is 0.1000. The standard InChI is InChI=1S/C15H23N3O2/c1-20-9-3-5-12-4-2-8-18(11-12)14-10-13(15(16)19)6-7-17-14/h6-7,10,12H,2-5,8-9,11H2,1H3,(H2,16,19). The molecule has 0 bridgehead atoms. The summed E-state index contributed by atoms with van der Waals surface area (Å²) < 4.78 is 5.11. The van der Waals surface area contributed by atoms with Gasteiger partial charge in [0.15, 0.2) is 0 Å². The van der Waals surface area contributed by atoms with Gasteiger partial charge in [-0.25, -0.2) is 4.98 Å². The molecular weight excluding hydrogens is 254 g/mol. The number of anilines is 1. The Morgan fingerprint density at radius 2 is 2.45 bits per heavy atom. The molecule has 1 aromatic rings. The minimum atomic E-state index is -0.401. The van der Waals surface area contributed by atoms with E-state index >= 15 is 0 Å². The van der Waals surface area contributed by atoms with Gasteiger partial charge in [0.2, 0.25) is 5.91 Å².